The quantitative estimate of drug-likeness (QED) is 0.941. The highest BCUT2D eigenvalue weighted by atomic mass is 16.1. The Hall–Kier alpha value is -2.04. The van der Waals surface area contributed by atoms with Gasteiger partial charge in [-0.25, -0.2) is 0 Å². The molecule has 0 unspecified atom stereocenters. The van der Waals surface area contributed by atoms with E-state index in [1.807, 2.05) is 19.3 Å². The predicted molar refractivity (Wildman–Crippen MR) is 87.2 cm³/mol. The topological polar surface area (TPSA) is 51.9 Å². The zero-order chi connectivity index (χ0) is 15.7. The first-order chi connectivity index (χ1) is 10.6. The lowest BCUT2D eigenvalue weighted by atomic mass is 9.95. The molecule has 2 aromatic heterocycles. The van der Waals surface area contributed by atoms with Crippen molar-refractivity contribution < 1.29 is 4.79 Å². The van der Waals surface area contributed by atoms with Crippen molar-refractivity contribution in [3.05, 3.63) is 35.3 Å². The number of hydrogen-bond acceptors (Lipinski definition) is 2. The summed E-state index contributed by atoms with van der Waals surface area (Å²) in [7, 11) is 1.84. The number of amides is 1. The molecule has 22 heavy (non-hydrogen) atoms. The van der Waals surface area contributed by atoms with Crippen LogP contribution in [0.15, 0.2) is 18.3 Å². The van der Waals surface area contributed by atoms with E-state index in [0.717, 1.165) is 11.3 Å². The van der Waals surface area contributed by atoms with Gasteiger partial charge in [-0.1, -0.05) is 19.3 Å². The molecule has 1 saturated carbocycles. The minimum Gasteiger partial charge on any atom is -0.345 e. The van der Waals surface area contributed by atoms with Gasteiger partial charge in [0.1, 0.15) is 0 Å². The van der Waals surface area contributed by atoms with Crippen molar-refractivity contribution in [1.82, 2.24) is 14.3 Å². The Morgan fingerprint density at radius 2 is 2.00 bits per heavy atom. The van der Waals surface area contributed by atoms with Crippen molar-refractivity contribution in [3.63, 3.8) is 0 Å². The molecule has 0 saturated heterocycles. The maximum atomic E-state index is 12.5. The van der Waals surface area contributed by atoms with Gasteiger partial charge in [0.15, 0.2) is 5.82 Å². The lowest BCUT2D eigenvalue weighted by Gasteiger charge is -2.26. The van der Waals surface area contributed by atoms with Crippen LogP contribution < -0.4 is 5.32 Å². The molecule has 3 rings (SSSR count). The Bertz CT molecular complexity index is 677. The van der Waals surface area contributed by atoms with Crippen LogP contribution in [0.25, 0.3) is 0 Å². The summed E-state index contributed by atoms with van der Waals surface area (Å²) in [5.41, 5.74) is 3.00. The zero-order valence-corrected chi connectivity index (χ0v) is 13.6. The highest BCUT2D eigenvalue weighted by Gasteiger charge is 2.22. The average molecular weight is 300 g/mol. The summed E-state index contributed by atoms with van der Waals surface area (Å²) >= 11 is 0. The van der Waals surface area contributed by atoms with Gasteiger partial charge in [0.05, 0.1) is 5.56 Å². The first-order valence-corrected chi connectivity index (χ1v) is 8.05. The van der Waals surface area contributed by atoms with Crippen molar-refractivity contribution in [2.24, 2.45) is 7.05 Å². The van der Waals surface area contributed by atoms with Crippen LogP contribution in [0.4, 0.5) is 5.82 Å². The molecule has 0 bridgehead atoms. The molecule has 1 amide bonds. The Labute approximate surface area is 131 Å². The van der Waals surface area contributed by atoms with Crippen LogP contribution in [0.1, 0.15) is 59.9 Å². The molecule has 1 aliphatic rings. The van der Waals surface area contributed by atoms with E-state index in [2.05, 4.69) is 28.8 Å². The second kappa shape index (κ2) is 5.99. The number of aryl methyl sites for hydroxylation is 2. The van der Waals surface area contributed by atoms with Gasteiger partial charge < -0.3 is 9.88 Å². The monoisotopic (exact) mass is 300 g/mol. The van der Waals surface area contributed by atoms with Crippen molar-refractivity contribution in [1.29, 1.82) is 0 Å². The van der Waals surface area contributed by atoms with Crippen molar-refractivity contribution in [2.45, 2.75) is 52.0 Å². The third-order valence-corrected chi connectivity index (χ3v) is 4.62. The van der Waals surface area contributed by atoms with Crippen LogP contribution in [-0.4, -0.2) is 20.3 Å². The Balaban J connectivity index is 1.83. The van der Waals surface area contributed by atoms with Crippen LogP contribution >= 0.6 is 0 Å². The van der Waals surface area contributed by atoms with E-state index < -0.39 is 0 Å². The fourth-order valence-electron chi connectivity index (χ4n) is 3.57. The molecule has 1 aliphatic carbocycles. The predicted octanol–water partition coefficient (Wildman–Crippen LogP) is 3.60. The number of rotatable bonds is 3. The largest absolute Gasteiger partial charge is 0.345 e. The first kappa shape index (κ1) is 14.9. The molecule has 0 aliphatic heterocycles. The Morgan fingerprint density at radius 3 is 2.64 bits per heavy atom. The van der Waals surface area contributed by atoms with Crippen LogP contribution in [0.2, 0.25) is 0 Å². The maximum absolute atomic E-state index is 12.5. The molecule has 1 fully saturated rings. The number of nitrogens with one attached hydrogen (secondary N) is 1. The van der Waals surface area contributed by atoms with Gasteiger partial charge in [0, 0.05) is 36.7 Å². The number of nitrogens with zero attached hydrogens (tertiary/aromatic N) is 3. The fourth-order valence-corrected chi connectivity index (χ4v) is 3.57. The first-order valence-electron chi connectivity index (χ1n) is 8.05. The minimum atomic E-state index is -0.0751. The van der Waals surface area contributed by atoms with Crippen LogP contribution in [0.5, 0.6) is 0 Å². The molecule has 1 N–H and O–H groups in total. The summed E-state index contributed by atoms with van der Waals surface area (Å²) in [6.45, 7) is 4.15. The standard InChI is InChI=1S/C17H24N4O/c1-12-11-15(17(22)18-16-9-10-20(3)19-16)13(2)21(12)14-7-5-4-6-8-14/h9-11,14H,4-8H2,1-3H3,(H,18,19,22). The van der Waals surface area contributed by atoms with Crippen LogP contribution in [-0.2, 0) is 7.05 Å². The highest BCUT2D eigenvalue weighted by molar-refractivity contribution is 6.04. The molecule has 0 radical (unpaired) electrons. The van der Waals surface area contributed by atoms with Gasteiger partial charge in [-0.3, -0.25) is 9.48 Å². The molecule has 0 atom stereocenters. The van der Waals surface area contributed by atoms with E-state index in [1.54, 1.807) is 10.7 Å². The summed E-state index contributed by atoms with van der Waals surface area (Å²) in [5, 5.41) is 7.08. The normalized spacial score (nSPS) is 16.0. The Kier molecular flexibility index (Phi) is 4.05. The van der Waals surface area contributed by atoms with Gasteiger partial charge >= 0.3 is 0 Å². The third-order valence-electron chi connectivity index (χ3n) is 4.62. The molecule has 0 spiro atoms. The van der Waals surface area contributed by atoms with E-state index in [4.69, 9.17) is 0 Å². The number of anilines is 1. The van der Waals surface area contributed by atoms with E-state index in [-0.39, 0.29) is 5.91 Å². The van der Waals surface area contributed by atoms with E-state index in [9.17, 15) is 4.79 Å². The van der Waals surface area contributed by atoms with Gasteiger partial charge in [0.25, 0.3) is 5.91 Å². The van der Waals surface area contributed by atoms with E-state index in [1.165, 1.54) is 37.8 Å². The van der Waals surface area contributed by atoms with Crippen molar-refractivity contribution >= 4 is 11.7 Å². The summed E-state index contributed by atoms with van der Waals surface area (Å²) in [6.07, 6.45) is 8.17. The zero-order valence-electron chi connectivity index (χ0n) is 13.6. The van der Waals surface area contributed by atoms with Gasteiger partial charge in [-0.05, 0) is 32.8 Å². The second-order valence-corrected chi connectivity index (χ2v) is 6.28. The summed E-state index contributed by atoms with van der Waals surface area (Å²) < 4.78 is 4.04. The highest BCUT2D eigenvalue weighted by Crippen LogP contribution is 2.32. The summed E-state index contributed by atoms with van der Waals surface area (Å²) in [6, 6.07) is 4.35. The van der Waals surface area contributed by atoms with Gasteiger partial charge in [0.2, 0.25) is 0 Å². The number of carbonyl (C=O) groups is 1. The molecule has 5 nitrogen and oxygen atoms in total. The second-order valence-electron chi connectivity index (χ2n) is 6.28. The number of aromatic nitrogens is 3. The number of hydrogen-bond donors (Lipinski definition) is 1. The molecule has 0 aromatic carbocycles. The smallest absolute Gasteiger partial charge is 0.258 e. The van der Waals surface area contributed by atoms with Gasteiger partial charge in [-0.15, -0.1) is 0 Å². The molecule has 2 aromatic rings. The van der Waals surface area contributed by atoms with E-state index >= 15 is 0 Å². The lowest BCUT2D eigenvalue weighted by Crippen LogP contribution is -2.17. The van der Waals surface area contributed by atoms with Crippen molar-refractivity contribution in [2.75, 3.05) is 5.32 Å². The summed E-state index contributed by atoms with van der Waals surface area (Å²) in [5.74, 6) is 0.517. The van der Waals surface area contributed by atoms with Crippen LogP contribution in [0.3, 0.4) is 0 Å². The third kappa shape index (κ3) is 2.80. The van der Waals surface area contributed by atoms with Crippen LogP contribution in [0, 0.1) is 13.8 Å². The average Bonchev–Trinajstić information content (AvgIpc) is 3.03. The lowest BCUT2D eigenvalue weighted by molar-refractivity contribution is 0.102. The molecular weight excluding hydrogens is 276 g/mol. The van der Waals surface area contributed by atoms with Gasteiger partial charge in [-0.2, -0.15) is 5.10 Å². The van der Waals surface area contributed by atoms with E-state index in [0.29, 0.717) is 11.9 Å². The minimum absolute atomic E-state index is 0.0751. The fraction of sp³-hybridized carbons (Fsp3) is 0.529. The molecule has 118 valence electrons. The Morgan fingerprint density at radius 1 is 1.27 bits per heavy atom. The SMILES string of the molecule is Cc1cc(C(=O)Nc2ccn(C)n2)c(C)n1C1CCCCC1. The molecular formula is C17H24N4O. The maximum Gasteiger partial charge on any atom is 0.258 e. The molecule has 2 heterocycles. The summed E-state index contributed by atoms with van der Waals surface area (Å²) in [4.78, 5) is 12.5. The number of carbonyl (C=O) groups excluding carboxylic acids is 1. The molecule has 5 heteroatoms. The van der Waals surface area contributed by atoms with Crippen molar-refractivity contribution in [3.8, 4) is 0 Å².